The van der Waals surface area contributed by atoms with Crippen molar-refractivity contribution in [2.24, 2.45) is 0 Å². The Morgan fingerprint density at radius 2 is 1.60 bits per heavy atom. The second kappa shape index (κ2) is 9.79. The van der Waals surface area contributed by atoms with Gasteiger partial charge in [0.2, 0.25) is 0 Å². The van der Waals surface area contributed by atoms with Crippen LogP contribution in [0.25, 0.3) is 0 Å². The molecule has 0 aromatic heterocycles. The van der Waals surface area contributed by atoms with Gasteiger partial charge in [0.1, 0.15) is 0 Å². The van der Waals surface area contributed by atoms with E-state index in [-0.39, 0.29) is 17.9 Å². The molecule has 2 aromatic carbocycles. The van der Waals surface area contributed by atoms with Gasteiger partial charge in [0.25, 0.3) is 5.91 Å². The number of nitrogens with one attached hydrogen (secondary N) is 1. The summed E-state index contributed by atoms with van der Waals surface area (Å²) in [5, 5.41) is 13.0. The van der Waals surface area contributed by atoms with Crippen molar-refractivity contribution >= 4 is 33.2 Å². The number of benzene rings is 2. The first-order chi connectivity index (χ1) is 15.9. The van der Waals surface area contributed by atoms with Crippen molar-refractivity contribution < 1.29 is 58.7 Å². The topological polar surface area (TPSA) is 90.7 Å². The van der Waals surface area contributed by atoms with Gasteiger partial charge in [-0.25, -0.2) is 4.39 Å². The Balaban J connectivity index is 2.63. The van der Waals surface area contributed by atoms with Crippen molar-refractivity contribution in [3.63, 3.8) is 0 Å². The first-order valence-electron chi connectivity index (χ1n) is 8.69. The molecular weight excluding hydrogens is 575 g/mol. The molecule has 0 spiro atoms. The number of carbonyl (C=O) groups excluding carboxylic acids is 1. The van der Waals surface area contributed by atoms with Crippen LogP contribution in [-0.2, 0) is 5.67 Å². The molecule has 17 heteroatoms. The number of amides is 1. The third kappa shape index (κ3) is 5.54. The summed E-state index contributed by atoms with van der Waals surface area (Å²) in [5.41, 5.74) is -10.2. The standard InChI is InChI=1S/C18H10BrF9N2O5/c1-34-11-3-2-7(4-10(11)30(32)33)14(31)29-13-9(19)5-8(6-12(13)35-15(20)21)16(22,17(23,24)25)18(26,27)28/h2-6,15H,1H3,(H,29,31). The van der Waals surface area contributed by atoms with Gasteiger partial charge in [0, 0.05) is 21.7 Å². The molecule has 1 amide bonds. The van der Waals surface area contributed by atoms with Crippen molar-refractivity contribution in [1.82, 2.24) is 0 Å². The predicted octanol–water partition coefficient (Wildman–Crippen LogP) is 6.51. The number of rotatable bonds is 7. The van der Waals surface area contributed by atoms with Crippen molar-refractivity contribution in [3.8, 4) is 11.5 Å². The second-order valence-electron chi connectivity index (χ2n) is 6.46. The molecule has 0 saturated carbocycles. The van der Waals surface area contributed by atoms with E-state index in [9.17, 15) is 54.4 Å². The largest absolute Gasteiger partial charge is 0.490 e. The molecule has 0 heterocycles. The molecule has 0 radical (unpaired) electrons. The number of halogens is 10. The maximum absolute atomic E-state index is 14.4. The van der Waals surface area contributed by atoms with Crippen molar-refractivity contribution in [2.45, 2.75) is 24.6 Å². The van der Waals surface area contributed by atoms with E-state index < -0.39 is 68.2 Å². The molecule has 2 rings (SSSR count). The first kappa shape index (κ1) is 28.0. The minimum Gasteiger partial charge on any atom is -0.490 e. The number of ether oxygens (including phenoxy) is 2. The van der Waals surface area contributed by atoms with Gasteiger partial charge < -0.3 is 14.8 Å². The van der Waals surface area contributed by atoms with Gasteiger partial charge >= 0.3 is 30.3 Å². The van der Waals surface area contributed by atoms with Crippen molar-refractivity contribution in [3.05, 3.63) is 56.0 Å². The number of hydrogen-bond donors (Lipinski definition) is 1. The van der Waals surface area contributed by atoms with Crippen molar-refractivity contribution in [2.75, 3.05) is 12.4 Å². The molecule has 0 bridgehead atoms. The molecule has 7 nitrogen and oxygen atoms in total. The summed E-state index contributed by atoms with van der Waals surface area (Å²) in [5.74, 6) is -3.00. The first-order valence-corrected chi connectivity index (χ1v) is 9.48. The van der Waals surface area contributed by atoms with Crippen LogP contribution >= 0.6 is 15.9 Å². The van der Waals surface area contributed by atoms with E-state index in [0.717, 1.165) is 19.2 Å². The SMILES string of the molecule is COc1ccc(C(=O)Nc2c(Br)cc(C(F)(C(F)(F)F)C(F)(F)F)cc2OC(F)F)cc1[N+](=O)[O-]. The highest BCUT2D eigenvalue weighted by Crippen LogP contribution is 2.55. The van der Waals surface area contributed by atoms with Crippen LogP contribution in [0.1, 0.15) is 15.9 Å². The number of carbonyl (C=O) groups is 1. The third-order valence-corrected chi connectivity index (χ3v) is 4.95. The summed E-state index contributed by atoms with van der Waals surface area (Å²) >= 11 is 2.51. The zero-order valence-corrected chi connectivity index (χ0v) is 18.3. The lowest BCUT2D eigenvalue weighted by atomic mass is 9.93. The summed E-state index contributed by atoms with van der Waals surface area (Å²) in [4.78, 5) is 22.7. The molecule has 0 unspecified atom stereocenters. The lowest BCUT2D eigenvalue weighted by molar-refractivity contribution is -0.385. The second-order valence-corrected chi connectivity index (χ2v) is 7.32. The zero-order valence-electron chi connectivity index (χ0n) is 16.7. The van der Waals surface area contributed by atoms with Crippen LogP contribution in [0.5, 0.6) is 11.5 Å². The van der Waals surface area contributed by atoms with E-state index in [1.54, 1.807) is 0 Å². The molecule has 1 N–H and O–H groups in total. The smallest absolute Gasteiger partial charge is 0.435 e. The quantitative estimate of drug-likeness (QED) is 0.228. The summed E-state index contributed by atoms with van der Waals surface area (Å²) in [6.45, 7) is -3.82. The Hall–Kier alpha value is -3.24. The highest BCUT2D eigenvalue weighted by molar-refractivity contribution is 9.10. The molecular formula is C18H10BrF9N2O5. The number of nitro groups is 1. The van der Waals surface area contributed by atoms with Gasteiger partial charge in [-0.1, -0.05) is 0 Å². The molecule has 0 atom stereocenters. The fourth-order valence-corrected chi connectivity index (χ4v) is 3.28. The van der Waals surface area contributed by atoms with Gasteiger partial charge in [-0.2, -0.15) is 35.1 Å². The average Bonchev–Trinajstić information content (AvgIpc) is 2.72. The molecule has 0 aliphatic heterocycles. The highest BCUT2D eigenvalue weighted by Gasteiger charge is 2.73. The van der Waals surface area contributed by atoms with Gasteiger partial charge in [-0.15, -0.1) is 0 Å². The van der Waals surface area contributed by atoms with E-state index >= 15 is 0 Å². The number of nitro benzene ring substituents is 1. The Morgan fingerprint density at radius 1 is 1.03 bits per heavy atom. The van der Waals surface area contributed by atoms with Crippen LogP contribution in [-0.4, -0.2) is 36.9 Å². The molecule has 35 heavy (non-hydrogen) atoms. The van der Waals surface area contributed by atoms with Crippen LogP contribution in [0.15, 0.2) is 34.8 Å². The molecule has 0 aliphatic rings. The monoisotopic (exact) mass is 584 g/mol. The maximum atomic E-state index is 14.4. The van der Waals surface area contributed by atoms with Crippen molar-refractivity contribution in [1.29, 1.82) is 0 Å². The average molecular weight is 585 g/mol. The highest BCUT2D eigenvalue weighted by atomic mass is 79.9. The Morgan fingerprint density at radius 3 is 2.06 bits per heavy atom. The van der Waals surface area contributed by atoms with E-state index in [4.69, 9.17) is 4.74 Å². The minimum absolute atomic E-state index is 0.0363. The minimum atomic E-state index is -6.56. The number of methoxy groups -OCH3 is 1. The Bertz CT molecular complexity index is 1120. The Labute approximate surface area is 197 Å². The number of alkyl halides is 9. The number of hydrogen-bond acceptors (Lipinski definition) is 5. The van der Waals surface area contributed by atoms with Crippen LogP contribution in [0.2, 0.25) is 0 Å². The predicted molar refractivity (Wildman–Crippen MR) is 103 cm³/mol. The van der Waals surface area contributed by atoms with Gasteiger partial charge in [-0.05, 0) is 40.2 Å². The van der Waals surface area contributed by atoms with Crippen LogP contribution in [0.3, 0.4) is 0 Å². The van der Waals surface area contributed by atoms with Gasteiger partial charge in [0.05, 0.1) is 17.7 Å². The molecule has 0 aliphatic carbocycles. The lowest BCUT2D eigenvalue weighted by Gasteiger charge is -2.31. The van der Waals surface area contributed by atoms with E-state index in [0.29, 0.717) is 6.07 Å². The van der Waals surface area contributed by atoms with Crippen LogP contribution < -0.4 is 14.8 Å². The fraction of sp³-hybridized carbons (Fsp3) is 0.278. The summed E-state index contributed by atoms with van der Waals surface area (Å²) in [7, 11) is 1.08. The summed E-state index contributed by atoms with van der Waals surface area (Å²) < 4.78 is 126. The lowest BCUT2D eigenvalue weighted by Crippen LogP contribution is -2.50. The van der Waals surface area contributed by atoms with Crippen LogP contribution in [0, 0.1) is 10.1 Å². The van der Waals surface area contributed by atoms with E-state index in [1.165, 1.54) is 0 Å². The van der Waals surface area contributed by atoms with E-state index in [2.05, 4.69) is 20.7 Å². The number of nitrogens with zero attached hydrogens (tertiary/aromatic N) is 1. The maximum Gasteiger partial charge on any atom is 0.435 e. The normalized spacial score (nSPS) is 12.5. The zero-order chi connectivity index (χ0) is 26.9. The Kier molecular flexibility index (Phi) is 7.83. The van der Waals surface area contributed by atoms with Gasteiger partial charge in [-0.3, -0.25) is 14.9 Å². The molecule has 2 aromatic rings. The summed E-state index contributed by atoms with van der Waals surface area (Å²) in [6.07, 6.45) is -13.1. The summed E-state index contributed by atoms with van der Waals surface area (Å²) in [6, 6.07) is 2.34. The molecule has 192 valence electrons. The number of anilines is 1. The third-order valence-electron chi connectivity index (χ3n) is 4.33. The molecule has 0 saturated heterocycles. The fourth-order valence-electron chi connectivity index (χ4n) is 2.74. The van der Waals surface area contributed by atoms with Gasteiger partial charge in [0.15, 0.2) is 11.5 Å². The van der Waals surface area contributed by atoms with Crippen LogP contribution in [0.4, 0.5) is 50.9 Å². The van der Waals surface area contributed by atoms with E-state index in [1.807, 2.05) is 5.32 Å². The molecule has 0 fully saturated rings.